The second kappa shape index (κ2) is 11.5. The second-order valence-electron chi connectivity index (χ2n) is 8.26. The number of fused-ring (bicyclic) bond motifs is 1. The average Bonchev–Trinajstić information content (AvgIpc) is 3.12. The molecule has 0 spiro atoms. The first-order valence-corrected chi connectivity index (χ1v) is 12.3. The SMILES string of the molecule is CCCCC1CCC(C(=O)N=c2sc3cc(OC)c(OC)cc3n2CC(=O)OCC)CC1. The molecule has 2 aromatic rings. The van der Waals surface area contributed by atoms with Crippen molar-refractivity contribution in [3.63, 3.8) is 0 Å². The van der Waals surface area contributed by atoms with E-state index in [2.05, 4.69) is 11.9 Å². The van der Waals surface area contributed by atoms with Crippen molar-refractivity contribution in [1.29, 1.82) is 0 Å². The number of unbranched alkanes of at least 4 members (excludes halogenated alkanes) is 1. The molecule has 0 aliphatic heterocycles. The van der Waals surface area contributed by atoms with Gasteiger partial charge in [0.1, 0.15) is 6.54 Å². The highest BCUT2D eigenvalue weighted by atomic mass is 32.1. The van der Waals surface area contributed by atoms with Crippen LogP contribution in [0, 0.1) is 11.8 Å². The Balaban J connectivity index is 1.92. The summed E-state index contributed by atoms with van der Waals surface area (Å²) in [7, 11) is 3.15. The Hall–Kier alpha value is -2.35. The second-order valence-corrected chi connectivity index (χ2v) is 9.27. The van der Waals surface area contributed by atoms with Gasteiger partial charge in [-0.3, -0.25) is 9.59 Å². The molecule has 1 aromatic heterocycles. The summed E-state index contributed by atoms with van der Waals surface area (Å²) in [5, 5.41) is 0. The predicted molar refractivity (Wildman–Crippen MR) is 125 cm³/mol. The van der Waals surface area contributed by atoms with Crippen LogP contribution in [0.25, 0.3) is 10.2 Å². The van der Waals surface area contributed by atoms with Gasteiger partial charge in [0.15, 0.2) is 16.3 Å². The van der Waals surface area contributed by atoms with Crippen LogP contribution in [0.2, 0.25) is 0 Å². The Morgan fingerprint density at radius 3 is 2.41 bits per heavy atom. The van der Waals surface area contributed by atoms with Crippen molar-refractivity contribution in [2.75, 3.05) is 20.8 Å². The number of hydrogen-bond acceptors (Lipinski definition) is 6. The summed E-state index contributed by atoms with van der Waals surface area (Å²) in [5.74, 6) is 1.37. The van der Waals surface area contributed by atoms with Crippen LogP contribution < -0.4 is 14.3 Å². The summed E-state index contributed by atoms with van der Waals surface area (Å²) >= 11 is 1.37. The summed E-state index contributed by atoms with van der Waals surface area (Å²) in [6, 6.07) is 3.66. The lowest BCUT2D eigenvalue weighted by Crippen LogP contribution is -2.26. The lowest BCUT2D eigenvalue weighted by Gasteiger charge is -2.26. The molecule has 32 heavy (non-hydrogen) atoms. The number of hydrogen-bond donors (Lipinski definition) is 0. The van der Waals surface area contributed by atoms with Crippen molar-refractivity contribution in [2.24, 2.45) is 16.8 Å². The highest BCUT2D eigenvalue weighted by molar-refractivity contribution is 7.16. The molecule has 0 saturated heterocycles. The first kappa shape index (κ1) is 24.3. The van der Waals surface area contributed by atoms with Gasteiger partial charge in [-0.05, 0) is 38.5 Å². The maximum atomic E-state index is 13.0. The van der Waals surface area contributed by atoms with E-state index in [1.165, 1.54) is 30.6 Å². The smallest absolute Gasteiger partial charge is 0.326 e. The fourth-order valence-electron chi connectivity index (χ4n) is 4.35. The van der Waals surface area contributed by atoms with E-state index >= 15 is 0 Å². The predicted octanol–water partition coefficient (Wildman–Crippen LogP) is 4.71. The molecule has 1 saturated carbocycles. The molecule has 0 unspecified atom stereocenters. The van der Waals surface area contributed by atoms with Gasteiger partial charge >= 0.3 is 5.97 Å². The molecule has 1 aromatic carbocycles. The minimum atomic E-state index is -0.368. The van der Waals surface area contributed by atoms with Crippen LogP contribution >= 0.6 is 11.3 Å². The minimum Gasteiger partial charge on any atom is -0.493 e. The monoisotopic (exact) mass is 462 g/mol. The number of thiazole rings is 1. The number of esters is 1. The number of aromatic nitrogens is 1. The standard InChI is InChI=1S/C24H34N2O5S/c1-5-7-8-16-9-11-17(12-10-16)23(28)25-24-26(15-22(27)31-6-2)18-13-19(29-3)20(30-4)14-21(18)32-24/h13-14,16-17H,5-12,15H2,1-4H3. The van der Waals surface area contributed by atoms with Crippen molar-refractivity contribution in [1.82, 2.24) is 4.57 Å². The third-order valence-corrected chi connectivity index (χ3v) is 7.19. The van der Waals surface area contributed by atoms with Crippen molar-refractivity contribution in [3.05, 3.63) is 16.9 Å². The molecule has 0 bridgehead atoms. The van der Waals surface area contributed by atoms with E-state index in [1.54, 1.807) is 25.7 Å². The highest BCUT2D eigenvalue weighted by Gasteiger charge is 2.26. The molecule has 1 heterocycles. The van der Waals surface area contributed by atoms with Crippen LogP contribution in [0.1, 0.15) is 58.8 Å². The molecule has 0 N–H and O–H groups in total. The number of amides is 1. The van der Waals surface area contributed by atoms with Crippen molar-refractivity contribution in [3.8, 4) is 11.5 Å². The van der Waals surface area contributed by atoms with Gasteiger partial charge in [-0.2, -0.15) is 4.99 Å². The van der Waals surface area contributed by atoms with Crippen LogP contribution in [0.4, 0.5) is 0 Å². The summed E-state index contributed by atoms with van der Waals surface area (Å²) in [6.07, 6.45) is 7.70. The molecular formula is C24H34N2O5S. The number of benzene rings is 1. The number of nitrogens with zero attached hydrogens (tertiary/aromatic N) is 2. The van der Waals surface area contributed by atoms with E-state index in [0.717, 1.165) is 41.8 Å². The molecule has 1 aliphatic carbocycles. The largest absolute Gasteiger partial charge is 0.493 e. The van der Waals surface area contributed by atoms with Gasteiger partial charge in [-0.1, -0.05) is 37.5 Å². The molecule has 3 rings (SSSR count). The van der Waals surface area contributed by atoms with E-state index in [-0.39, 0.29) is 24.3 Å². The maximum Gasteiger partial charge on any atom is 0.326 e. The topological polar surface area (TPSA) is 79.1 Å². The van der Waals surface area contributed by atoms with Crippen LogP contribution in [0.15, 0.2) is 17.1 Å². The minimum absolute atomic E-state index is 0.0147. The Labute approximate surface area is 193 Å². The number of carbonyl (C=O) groups is 2. The van der Waals surface area contributed by atoms with Crippen LogP contribution in [0.5, 0.6) is 11.5 Å². The molecular weight excluding hydrogens is 428 g/mol. The molecule has 1 fully saturated rings. The lowest BCUT2D eigenvalue weighted by atomic mass is 9.79. The molecule has 0 atom stereocenters. The Morgan fingerprint density at radius 2 is 1.78 bits per heavy atom. The van der Waals surface area contributed by atoms with Crippen LogP contribution in [-0.2, 0) is 20.9 Å². The van der Waals surface area contributed by atoms with E-state index in [1.807, 2.05) is 12.1 Å². The molecule has 7 nitrogen and oxygen atoms in total. The first-order valence-electron chi connectivity index (χ1n) is 11.5. The van der Waals surface area contributed by atoms with E-state index in [4.69, 9.17) is 14.2 Å². The third-order valence-electron chi connectivity index (χ3n) is 6.15. The van der Waals surface area contributed by atoms with E-state index in [9.17, 15) is 9.59 Å². The quantitative estimate of drug-likeness (QED) is 0.505. The van der Waals surface area contributed by atoms with Crippen LogP contribution in [-0.4, -0.2) is 37.3 Å². The van der Waals surface area contributed by atoms with E-state index in [0.29, 0.717) is 22.9 Å². The number of methoxy groups -OCH3 is 2. The molecule has 8 heteroatoms. The zero-order valence-corrected chi connectivity index (χ0v) is 20.3. The van der Waals surface area contributed by atoms with Gasteiger partial charge in [0.05, 0.1) is 31.0 Å². The van der Waals surface area contributed by atoms with Crippen molar-refractivity contribution >= 4 is 33.4 Å². The normalized spacial score (nSPS) is 19.2. The summed E-state index contributed by atoms with van der Waals surface area (Å²) < 4.78 is 18.6. The number of carbonyl (C=O) groups excluding carboxylic acids is 2. The summed E-state index contributed by atoms with van der Waals surface area (Å²) in [6.45, 7) is 4.27. The molecule has 0 radical (unpaired) electrons. The Bertz CT molecular complexity index is 1000. The summed E-state index contributed by atoms with van der Waals surface area (Å²) in [5.41, 5.74) is 0.760. The fraction of sp³-hybridized carbons (Fsp3) is 0.625. The fourth-order valence-corrected chi connectivity index (χ4v) is 5.39. The summed E-state index contributed by atoms with van der Waals surface area (Å²) in [4.78, 5) is 30.3. The van der Waals surface area contributed by atoms with Crippen molar-refractivity contribution < 1.29 is 23.8 Å². The first-order chi connectivity index (χ1) is 15.5. The van der Waals surface area contributed by atoms with Gasteiger partial charge in [0, 0.05) is 18.1 Å². The zero-order valence-electron chi connectivity index (χ0n) is 19.5. The maximum absolute atomic E-state index is 13.0. The molecule has 176 valence electrons. The van der Waals surface area contributed by atoms with Gasteiger partial charge in [-0.25, -0.2) is 0 Å². The van der Waals surface area contributed by atoms with Gasteiger partial charge < -0.3 is 18.8 Å². The van der Waals surface area contributed by atoms with Crippen LogP contribution in [0.3, 0.4) is 0 Å². The highest BCUT2D eigenvalue weighted by Crippen LogP contribution is 2.34. The Morgan fingerprint density at radius 1 is 1.09 bits per heavy atom. The Kier molecular flexibility index (Phi) is 8.73. The lowest BCUT2D eigenvalue weighted by molar-refractivity contribution is -0.143. The molecule has 1 aliphatic rings. The average molecular weight is 463 g/mol. The zero-order chi connectivity index (χ0) is 23.1. The van der Waals surface area contributed by atoms with Crippen molar-refractivity contribution in [2.45, 2.75) is 65.3 Å². The number of ether oxygens (including phenoxy) is 3. The van der Waals surface area contributed by atoms with Gasteiger partial charge in [0.2, 0.25) is 0 Å². The molecule has 1 amide bonds. The van der Waals surface area contributed by atoms with E-state index < -0.39 is 0 Å². The third kappa shape index (κ3) is 5.71. The van der Waals surface area contributed by atoms with Gasteiger partial charge in [-0.15, -0.1) is 0 Å². The van der Waals surface area contributed by atoms with Gasteiger partial charge in [0.25, 0.3) is 5.91 Å². The number of rotatable bonds is 9.